The number of esters is 1. The third kappa shape index (κ3) is 5.10. The van der Waals surface area contributed by atoms with Gasteiger partial charge in [0, 0.05) is 12.1 Å². The summed E-state index contributed by atoms with van der Waals surface area (Å²) in [4.78, 5) is 14.7. The fraction of sp³-hybridized carbons (Fsp3) is 0.500. The third-order valence-corrected chi connectivity index (χ3v) is 2.41. The van der Waals surface area contributed by atoms with Crippen LogP contribution >= 0.6 is 0 Å². The number of ether oxygens (including phenoxy) is 2. The minimum Gasteiger partial charge on any atom is -0.466 e. The van der Waals surface area contributed by atoms with Crippen molar-refractivity contribution in [1.29, 1.82) is 0 Å². The van der Waals surface area contributed by atoms with Crippen LogP contribution in [0, 0.1) is 0 Å². The highest BCUT2D eigenvalue weighted by Crippen LogP contribution is 2.32. The van der Waals surface area contributed by atoms with E-state index in [9.17, 15) is 26.7 Å². The predicted molar refractivity (Wildman–Crippen MR) is 64.1 cm³/mol. The molecule has 0 saturated heterocycles. The van der Waals surface area contributed by atoms with E-state index < -0.39 is 54.4 Å². The topological polar surface area (TPSA) is 74.4 Å². The van der Waals surface area contributed by atoms with E-state index in [-0.39, 0.29) is 6.61 Å². The Balaban J connectivity index is 3.32. The zero-order chi connectivity index (χ0) is 16.9. The second-order valence-corrected chi connectivity index (χ2v) is 4.02. The van der Waals surface area contributed by atoms with Gasteiger partial charge in [0.25, 0.3) is 6.43 Å². The molecule has 1 aromatic rings. The SMILES string of the molecule is CCOC(=O)Cc1cc(C(F)F)nc(CN)c1OC(F)(F)F. The summed E-state index contributed by atoms with van der Waals surface area (Å²) in [7, 11) is 0. The van der Waals surface area contributed by atoms with E-state index in [4.69, 9.17) is 5.73 Å². The molecule has 0 atom stereocenters. The molecule has 0 aromatic carbocycles. The van der Waals surface area contributed by atoms with Crippen molar-refractivity contribution in [3.05, 3.63) is 23.0 Å². The maximum Gasteiger partial charge on any atom is 0.573 e. The number of nitrogens with two attached hydrogens (primary N) is 1. The Morgan fingerprint density at radius 1 is 1.41 bits per heavy atom. The molecule has 1 heterocycles. The van der Waals surface area contributed by atoms with Crippen LogP contribution in [-0.2, 0) is 22.5 Å². The van der Waals surface area contributed by atoms with Gasteiger partial charge >= 0.3 is 12.3 Å². The molecule has 0 radical (unpaired) electrons. The van der Waals surface area contributed by atoms with Gasteiger partial charge in [-0.3, -0.25) is 4.79 Å². The first kappa shape index (κ1) is 18.1. The number of hydrogen-bond acceptors (Lipinski definition) is 5. The maximum atomic E-state index is 12.7. The van der Waals surface area contributed by atoms with Gasteiger partial charge in [-0.05, 0) is 13.0 Å². The van der Waals surface area contributed by atoms with Gasteiger partial charge in [-0.25, -0.2) is 13.8 Å². The van der Waals surface area contributed by atoms with Crippen molar-refractivity contribution in [2.24, 2.45) is 5.73 Å². The zero-order valence-electron chi connectivity index (χ0n) is 11.4. The van der Waals surface area contributed by atoms with Crippen molar-refractivity contribution in [1.82, 2.24) is 4.98 Å². The molecule has 0 bridgehead atoms. The van der Waals surface area contributed by atoms with E-state index in [2.05, 4.69) is 14.5 Å². The van der Waals surface area contributed by atoms with Crippen LogP contribution in [0.25, 0.3) is 0 Å². The average Bonchev–Trinajstić information content (AvgIpc) is 2.38. The Bertz CT molecular complexity index is 534. The van der Waals surface area contributed by atoms with Crippen molar-refractivity contribution < 1.29 is 36.2 Å². The Morgan fingerprint density at radius 2 is 2.05 bits per heavy atom. The van der Waals surface area contributed by atoms with Crippen molar-refractivity contribution in [2.75, 3.05) is 6.61 Å². The van der Waals surface area contributed by atoms with E-state index in [1.165, 1.54) is 6.92 Å². The molecule has 1 rings (SSSR count). The molecule has 0 fully saturated rings. The van der Waals surface area contributed by atoms with E-state index >= 15 is 0 Å². The number of aromatic nitrogens is 1. The second-order valence-electron chi connectivity index (χ2n) is 4.02. The summed E-state index contributed by atoms with van der Waals surface area (Å²) >= 11 is 0. The number of carbonyl (C=O) groups excluding carboxylic acids is 1. The van der Waals surface area contributed by atoms with Crippen molar-refractivity contribution in [2.45, 2.75) is 32.7 Å². The van der Waals surface area contributed by atoms with Gasteiger partial charge in [0.05, 0.1) is 18.7 Å². The van der Waals surface area contributed by atoms with Crippen molar-refractivity contribution in [3.8, 4) is 5.75 Å². The zero-order valence-corrected chi connectivity index (χ0v) is 11.4. The van der Waals surface area contributed by atoms with E-state index in [0.29, 0.717) is 6.07 Å². The first-order chi connectivity index (χ1) is 10.2. The first-order valence-electron chi connectivity index (χ1n) is 6.10. The molecule has 1 aromatic heterocycles. The standard InChI is InChI=1S/C12H13F5N2O3/c1-2-21-9(20)4-6-3-7(11(13)14)19-8(5-18)10(6)22-12(15,16)17/h3,11H,2,4-5,18H2,1H3. The second kappa shape index (κ2) is 7.34. The summed E-state index contributed by atoms with van der Waals surface area (Å²) in [5.41, 5.74) is 3.49. The molecule has 0 saturated carbocycles. The molecular weight excluding hydrogens is 315 g/mol. The lowest BCUT2D eigenvalue weighted by Crippen LogP contribution is -2.22. The van der Waals surface area contributed by atoms with Crippen LogP contribution in [0.15, 0.2) is 6.07 Å². The maximum absolute atomic E-state index is 12.7. The van der Waals surface area contributed by atoms with Crippen LogP contribution in [0.4, 0.5) is 22.0 Å². The summed E-state index contributed by atoms with van der Waals surface area (Å²) < 4.78 is 71.1. The number of halogens is 5. The summed E-state index contributed by atoms with van der Waals surface area (Å²) in [6, 6.07) is 0.668. The van der Waals surface area contributed by atoms with Gasteiger partial charge in [0.1, 0.15) is 5.69 Å². The number of rotatable bonds is 6. The van der Waals surface area contributed by atoms with Crippen molar-refractivity contribution in [3.63, 3.8) is 0 Å². The fourth-order valence-electron chi connectivity index (χ4n) is 1.66. The molecule has 22 heavy (non-hydrogen) atoms. The summed E-state index contributed by atoms with van der Waals surface area (Å²) in [5, 5.41) is 0. The molecule has 0 aliphatic rings. The Labute approximate surface area is 122 Å². The lowest BCUT2D eigenvalue weighted by Gasteiger charge is -2.17. The monoisotopic (exact) mass is 328 g/mol. The molecule has 2 N–H and O–H groups in total. The minimum absolute atomic E-state index is 0.00910. The van der Waals surface area contributed by atoms with Gasteiger partial charge in [0.2, 0.25) is 0 Å². The van der Waals surface area contributed by atoms with Crippen LogP contribution in [-0.4, -0.2) is 23.9 Å². The van der Waals surface area contributed by atoms with E-state index in [0.717, 1.165) is 0 Å². The largest absolute Gasteiger partial charge is 0.573 e. The third-order valence-electron chi connectivity index (χ3n) is 2.41. The highest BCUT2D eigenvalue weighted by atomic mass is 19.4. The Morgan fingerprint density at radius 3 is 2.50 bits per heavy atom. The normalized spacial score (nSPS) is 11.6. The molecule has 0 spiro atoms. The van der Waals surface area contributed by atoms with Crippen LogP contribution in [0.1, 0.15) is 30.3 Å². The van der Waals surface area contributed by atoms with E-state index in [1.807, 2.05) is 0 Å². The molecular formula is C12H13F5N2O3. The van der Waals surface area contributed by atoms with Crippen LogP contribution in [0.3, 0.4) is 0 Å². The predicted octanol–water partition coefficient (Wildman–Crippen LogP) is 2.48. The Hall–Kier alpha value is -1.97. The van der Waals surface area contributed by atoms with E-state index in [1.54, 1.807) is 0 Å². The highest BCUT2D eigenvalue weighted by Gasteiger charge is 2.34. The van der Waals surface area contributed by atoms with Crippen LogP contribution in [0.5, 0.6) is 5.75 Å². The summed E-state index contributed by atoms with van der Waals surface area (Å²) in [5.74, 6) is -1.74. The summed E-state index contributed by atoms with van der Waals surface area (Å²) in [6.07, 6.45) is -8.79. The molecule has 5 nitrogen and oxygen atoms in total. The van der Waals surface area contributed by atoms with Gasteiger partial charge in [-0.15, -0.1) is 13.2 Å². The quantitative estimate of drug-likeness (QED) is 0.641. The molecule has 124 valence electrons. The number of alkyl halides is 5. The number of hydrogen-bond donors (Lipinski definition) is 1. The number of nitrogens with zero attached hydrogens (tertiary/aromatic N) is 1. The van der Waals surface area contributed by atoms with Crippen LogP contribution < -0.4 is 10.5 Å². The highest BCUT2D eigenvalue weighted by molar-refractivity contribution is 5.73. The van der Waals surface area contributed by atoms with Gasteiger partial charge < -0.3 is 15.2 Å². The molecule has 0 aliphatic heterocycles. The van der Waals surface area contributed by atoms with Gasteiger partial charge in [-0.1, -0.05) is 0 Å². The smallest absolute Gasteiger partial charge is 0.466 e. The lowest BCUT2D eigenvalue weighted by molar-refractivity contribution is -0.275. The molecule has 0 aliphatic carbocycles. The van der Waals surface area contributed by atoms with Crippen LogP contribution in [0.2, 0.25) is 0 Å². The number of pyridine rings is 1. The van der Waals surface area contributed by atoms with Gasteiger partial charge in [-0.2, -0.15) is 0 Å². The molecule has 0 unspecified atom stereocenters. The molecule has 0 amide bonds. The number of carbonyl (C=O) groups is 1. The molecule has 10 heteroatoms. The van der Waals surface area contributed by atoms with Crippen molar-refractivity contribution >= 4 is 5.97 Å². The minimum atomic E-state index is -5.08. The van der Waals surface area contributed by atoms with Gasteiger partial charge in [0.15, 0.2) is 5.75 Å². The first-order valence-corrected chi connectivity index (χ1v) is 6.10. The fourth-order valence-corrected chi connectivity index (χ4v) is 1.66. The lowest BCUT2D eigenvalue weighted by atomic mass is 10.1. The average molecular weight is 328 g/mol. The Kier molecular flexibility index (Phi) is 6.03. The summed E-state index contributed by atoms with van der Waals surface area (Å²) in [6.45, 7) is 0.917.